The van der Waals surface area contributed by atoms with E-state index in [0.717, 1.165) is 34.4 Å². The minimum absolute atomic E-state index is 0.268. The summed E-state index contributed by atoms with van der Waals surface area (Å²) in [6.45, 7) is 2.37. The van der Waals surface area contributed by atoms with Crippen molar-refractivity contribution in [1.82, 2.24) is 4.57 Å². The Morgan fingerprint density at radius 2 is 1.78 bits per heavy atom. The number of hydrogen-bond acceptors (Lipinski definition) is 4. The van der Waals surface area contributed by atoms with E-state index in [2.05, 4.69) is 0 Å². The molecule has 7 heteroatoms. The number of anilines is 1. The lowest BCUT2D eigenvalue weighted by Crippen LogP contribution is -2.24. The summed E-state index contributed by atoms with van der Waals surface area (Å²) in [5, 5.41) is 10.7. The van der Waals surface area contributed by atoms with Crippen LogP contribution in [-0.2, 0) is 24.7 Å². The van der Waals surface area contributed by atoms with E-state index in [0.29, 0.717) is 40.6 Å². The Bertz CT molecular complexity index is 1600. The largest absolute Gasteiger partial charge is 0.490 e. The first-order valence-corrected chi connectivity index (χ1v) is 12.3. The van der Waals surface area contributed by atoms with E-state index in [4.69, 9.17) is 4.74 Å². The van der Waals surface area contributed by atoms with Gasteiger partial charge in [0.15, 0.2) is 11.6 Å². The van der Waals surface area contributed by atoms with E-state index in [1.54, 1.807) is 7.05 Å². The second-order valence-corrected chi connectivity index (χ2v) is 9.75. The van der Waals surface area contributed by atoms with Gasteiger partial charge in [-0.25, -0.2) is 4.39 Å². The highest BCUT2D eigenvalue weighted by Gasteiger charge is 2.25. The molecule has 5 rings (SSSR count). The summed E-state index contributed by atoms with van der Waals surface area (Å²) >= 11 is 0. The molecule has 6 nitrogen and oxygen atoms in total. The van der Waals surface area contributed by atoms with Crippen LogP contribution in [-0.4, -0.2) is 36.3 Å². The van der Waals surface area contributed by atoms with Gasteiger partial charge in [0.2, 0.25) is 0 Å². The van der Waals surface area contributed by atoms with E-state index in [1.807, 2.05) is 68.4 Å². The fraction of sp³-hybridized carbons (Fsp3) is 0.267. The van der Waals surface area contributed by atoms with Crippen LogP contribution in [0, 0.1) is 12.7 Å². The summed E-state index contributed by atoms with van der Waals surface area (Å²) in [6.07, 6.45) is 1.10. The molecule has 0 radical (unpaired) electrons. The Morgan fingerprint density at radius 3 is 2.46 bits per heavy atom. The first-order valence-electron chi connectivity index (χ1n) is 12.3. The number of carbonyl (C=O) groups is 1. The molecule has 0 atom stereocenters. The average Bonchev–Trinajstić information content (AvgIpc) is 2.89. The molecule has 4 aromatic rings. The Morgan fingerprint density at radius 1 is 1.08 bits per heavy atom. The number of fused-ring (bicyclic) bond motifs is 2. The zero-order valence-electron chi connectivity index (χ0n) is 21.4. The van der Waals surface area contributed by atoms with Gasteiger partial charge in [0.1, 0.15) is 0 Å². The van der Waals surface area contributed by atoms with Gasteiger partial charge in [-0.3, -0.25) is 9.59 Å². The van der Waals surface area contributed by atoms with Gasteiger partial charge < -0.3 is 19.3 Å². The first kappa shape index (κ1) is 24.6. The second kappa shape index (κ2) is 9.39. The van der Waals surface area contributed by atoms with Crippen LogP contribution in [0.4, 0.5) is 10.1 Å². The maximum absolute atomic E-state index is 15.2. The van der Waals surface area contributed by atoms with Crippen molar-refractivity contribution in [3.8, 4) is 28.0 Å². The van der Waals surface area contributed by atoms with Gasteiger partial charge in [0.25, 0.3) is 5.56 Å². The van der Waals surface area contributed by atoms with Crippen molar-refractivity contribution in [3.63, 3.8) is 0 Å². The van der Waals surface area contributed by atoms with Crippen molar-refractivity contribution >= 4 is 22.4 Å². The molecule has 190 valence electrons. The summed E-state index contributed by atoms with van der Waals surface area (Å²) in [5.74, 6) is -1.27. The average molecular weight is 501 g/mol. The van der Waals surface area contributed by atoms with Gasteiger partial charge in [0, 0.05) is 49.0 Å². The number of rotatable bonds is 5. The highest BCUT2D eigenvalue weighted by Crippen LogP contribution is 2.41. The maximum atomic E-state index is 15.2. The van der Waals surface area contributed by atoms with Gasteiger partial charge >= 0.3 is 5.97 Å². The number of carboxylic acids is 1. The fourth-order valence-corrected chi connectivity index (χ4v) is 5.27. The van der Waals surface area contributed by atoms with Crippen molar-refractivity contribution in [2.45, 2.75) is 26.2 Å². The topological polar surface area (TPSA) is 71.8 Å². The SMILES string of the molecule is Cc1c(-c2c(CC(=O)O)n(C)c(=O)c3cc(-c4ccc(N(C)C)cc4)ccc23)cc(F)c2c1CCCO2. The normalized spacial score (nSPS) is 12.8. The second-order valence-electron chi connectivity index (χ2n) is 9.75. The zero-order valence-corrected chi connectivity index (χ0v) is 21.4. The number of hydrogen-bond donors (Lipinski definition) is 1. The number of carboxylic acid groups (broad SMARTS) is 1. The van der Waals surface area contributed by atoms with E-state index < -0.39 is 11.8 Å². The standard InChI is InChI=1S/C30H29FN2O4/c1-17-21-6-5-13-37-29(21)25(31)15-23(17)28-22-12-9-19(18-7-10-20(11-8-18)32(2)3)14-24(22)30(36)33(4)26(28)16-27(34)35/h7-12,14-15H,5-6,13,16H2,1-4H3,(H,34,35). The number of benzene rings is 3. The quantitative estimate of drug-likeness (QED) is 0.401. The number of aromatic nitrogens is 1. The van der Waals surface area contributed by atoms with E-state index in [1.165, 1.54) is 10.6 Å². The van der Waals surface area contributed by atoms with Crippen molar-refractivity contribution in [3.05, 3.63) is 81.5 Å². The van der Waals surface area contributed by atoms with Crippen LogP contribution in [0.5, 0.6) is 5.75 Å². The van der Waals surface area contributed by atoms with Crippen molar-refractivity contribution in [1.29, 1.82) is 0 Å². The minimum Gasteiger partial charge on any atom is -0.490 e. The zero-order chi connectivity index (χ0) is 26.4. The molecule has 1 aromatic heterocycles. The van der Waals surface area contributed by atoms with Crippen molar-refractivity contribution in [2.75, 3.05) is 25.6 Å². The van der Waals surface area contributed by atoms with Crippen LogP contribution < -0.4 is 15.2 Å². The maximum Gasteiger partial charge on any atom is 0.309 e. The predicted molar refractivity (Wildman–Crippen MR) is 144 cm³/mol. The van der Waals surface area contributed by atoms with E-state index >= 15 is 4.39 Å². The van der Waals surface area contributed by atoms with Crippen LogP contribution in [0.25, 0.3) is 33.0 Å². The molecule has 1 N–H and O–H groups in total. The molecule has 1 aliphatic heterocycles. The van der Waals surface area contributed by atoms with E-state index in [9.17, 15) is 14.7 Å². The molecular weight excluding hydrogens is 471 g/mol. The molecule has 0 saturated carbocycles. The Balaban J connectivity index is 1.79. The van der Waals surface area contributed by atoms with Gasteiger partial charge in [-0.1, -0.05) is 24.3 Å². The molecule has 0 saturated heterocycles. The molecule has 0 spiro atoms. The van der Waals surface area contributed by atoms with E-state index in [-0.39, 0.29) is 17.7 Å². The van der Waals surface area contributed by atoms with Gasteiger partial charge in [-0.05, 0) is 71.7 Å². The third-order valence-corrected chi connectivity index (χ3v) is 7.26. The molecule has 0 amide bonds. The molecule has 0 aliphatic carbocycles. The van der Waals surface area contributed by atoms with Crippen LogP contribution in [0.3, 0.4) is 0 Å². The number of pyridine rings is 1. The highest BCUT2D eigenvalue weighted by molar-refractivity contribution is 6.01. The molecule has 2 heterocycles. The summed E-state index contributed by atoms with van der Waals surface area (Å²) in [7, 11) is 5.53. The summed E-state index contributed by atoms with van der Waals surface area (Å²) in [6, 6.07) is 15.1. The molecule has 1 aliphatic rings. The third kappa shape index (κ3) is 4.24. The van der Waals surface area contributed by atoms with Crippen LogP contribution in [0.15, 0.2) is 53.3 Å². The first-order chi connectivity index (χ1) is 17.7. The van der Waals surface area contributed by atoms with Gasteiger partial charge in [-0.15, -0.1) is 0 Å². The molecule has 0 bridgehead atoms. The molecule has 0 fully saturated rings. The summed E-state index contributed by atoms with van der Waals surface area (Å²) in [4.78, 5) is 27.3. The molecular formula is C30H29FN2O4. The lowest BCUT2D eigenvalue weighted by molar-refractivity contribution is -0.136. The lowest BCUT2D eigenvalue weighted by atomic mass is 9.87. The van der Waals surface area contributed by atoms with Crippen LogP contribution >= 0.6 is 0 Å². The Kier molecular flexibility index (Phi) is 6.23. The molecule has 3 aromatic carbocycles. The predicted octanol–water partition coefficient (Wildman–Crippen LogP) is 5.34. The third-order valence-electron chi connectivity index (χ3n) is 7.26. The highest BCUT2D eigenvalue weighted by atomic mass is 19.1. The monoisotopic (exact) mass is 500 g/mol. The van der Waals surface area contributed by atoms with Crippen LogP contribution in [0.2, 0.25) is 0 Å². The smallest absolute Gasteiger partial charge is 0.309 e. The molecule has 0 unspecified atom stereocenters. The number of ether oxygens (including phenoxy) is 1. The summed E-state index contributed by atoms with van der Waals surface area (Å²) < 4.78 is 22.2. The number of aliphatic carboxylic acids is 1. The minimum atomic E-state index is -1.06. The fourth-order valence-electron chi connectivity index (χ4n) is 5.27. The van der Waals surface area contributed by atoms with Gasteiger partial charge in [0.05, 0.1) is 13.0 Å². The lowest BCUT2D eigenvalue weighted by Gasteiger charge is -2.24. The molecule has 37 heavy (non-hydrogen) atoms. The van der Waals surface area contributed by atoms with Gasteiger partial charge in [-0.2, -0.15) is 0 Å². The number of nitrogens with zero attached hydrogens (tertiary/aromatic N) is 2. The summed E-state index contributed by atoms with van der Waals surface area (Å²) in [5.41, 5.74) is 5.73. The Labute approximate surface area is 214 Å². The van der Waals surface area contributed by atoms with Crippen molar-refractivity contribution < 1.29 is 19.0 Å². The Hall–Kier alpha value is -4.13. The van der Waals surface area contributed by atoms with Crippen LogP contribution in [0.1, 0.15) is 23.2 Å². The number of halogens is 1. The van der Waals surface area contributed by atoms with Crippen molar-refractivity contribution in [2.24, 2.45) is 7.05 Å².